The molecular formula is C15H12BrFN2O. The number of amides is 1. The average Bonchev–Trinajstić information content (AvgIpc) is 2.70. The van der Waals surface area contributed by atoms with Crippen molar-refractivity contribution >= 4 is 27.5 Å². The maximum atomic E-state index is 13.8. The van der Waals surface area contributed by atoms with Gasteiger partial charge in [-0.2, -0.15) is 0 Å². The second-order valence-electron chi connectivity index (χ2n) is 4.81. The number of nitrogens with zero attached hydrogens (tertiary/aromatic N) is 1. The number of hydrogen-bond donors (Lipinski definition) is 1. The Morgan fingerprint density at radius 2 is 2.05 bits per heavy atom. The van der Waals surface area contributed by atoms with E-state index >= 15 is 0 Å². The molecule has 2 aromatic rings. The fraction of sp³-hybridized carbons (Fsp3) is 0.133. The zero-order chi connectivity index (χ0) is 14.3. The van der Waals surface area contributed by atoms with Gasteiger partial charge in [0, 0.05) is 34.4 Å². The zero-order valence-electron chi connectivity index (χ0n) is 10.6. The third-order valence-electron chi connectivity index (χ3n) is 3.39. The minimum Gasteiger partial charge on any atom is -0.399 e. The first-order valence-electron chi connectivity index (χ1n) is 6.16. The van der Waals surface area contributed by atoms with Crippen molar-refractivity contribution in [2.45, 2.75) is 13.1 Å². The van der Waals surface area contributed by atoms with Crippen molar-refractivity contribution < 1.29 is 9.18 Å². The minimum atomic E-state index is -0.317. The molecule has 5 heteroatoms. The highest BCUT2D eigenvalue weighted by Gasteiger charge is 2.27. The molecule has 2 aromatic carbocycles. The van der Waals surface area contributed by atoms with Crippen molar-refractivity contribution in [2.24, 2.45) is 0 Å². The molecule has 1 aliphatic rings. The molecule has 1 aliphatic heterocycles. The van der Waals surface area contributed by atoms with Crippen molar-refractivity contribution in [3.63, 3.8) is 0 Å². The van der Waals surface area contributed by atoms with Gasteiger partial charge in [0.05, 0.1) is 0 Å². The normalized spacial score (nSPS) is 13.7. The summed E-state index contributed by atoms with van der Waals surface area (Å²) in [5, 5.41) is 0. The van der Waals surface area contributed by atoms with Crippen molar-refractivity contribution in [3.05, 3.63) is 63.4 Å². The number of anilines is 1. The van der Waals surface area contributed by atoms with Gasteiger partial charge in [-0.25, -0.2) is 4.39 Å². The Bertz CT molecular complexity index is 702. The fourth-order valence-corrected chi connectivity index (χ4v) is 2.70. The third kappa shape index (κ3) is 2.29. The van der Waals surface area contributed by atoms with E-state index in [1.54, 1.807) is 29.2 Å². The number of rotatable bonds is 2. The highest BCUT2D eigenvalue weighted by molar-refractivity contribution is 9.10. The summed E-state index contributed by atoms with van der Waals surface area (Å²) in [4.78, 5) is 13.9. The smallest absolute Gasteiger partial charge is 0.254 e. The molecule has 0 atom stereocenters. The molecule has 1 amide bonds. The summed E-state index contributed by atoms with van der Waals surface area (Å²) < 4.78 is 14.5. The predicted molar refractivity (Wildman–Crippen MR) is 78.5 cm³/mol. The lowest BCUT2D eigenvalue weighted by Crippen LogP contribution is -2.23. The largest absolute Gasteiger partial charge is 0.399 e. The number of nitrogen functional groups attached to an aromatic ring is 1. The molecule has 0 aromatic heterocycles. The molecule has 0 radical (unpaired) electrons. The molecule has 0 saturated heterocycles. The summed E-state index contributed by atoms with van der Waals surface area (Å²) in [6.45, 7) is 0.747. The van der Waals surface area contributed by atoms with Crippen LogP contribution in [-0.4, -0.2) is 10.8 Å². The number of halogens is 2. The van der Waals surface area contributed by atoms with Gasteiger partial charge in [-0.1, -0.05) is 28.1 Å². The van der Waals surface area contributed by atoms with E-state index in [2.05, 4.69) is 15.9 Å². The highest BCUT2D eigenvalue weighted by atomic mass is 79.9. The van der Waals surface area contributed by atoms with E-state index in [0.29, 0.717) is 27.8 Å². The van der Waals surface area contributed by atoms with Gasteiger partial charge in [-0.15, -0.1) is 0 Å². The number of carbonyl (C=O) groups excluding carboxylic acids is 1. The molecule has 0 spiro atoms. The third-order valence-corrected chi connectivity index (χ3v) is 3.88. The molecule has 0 saturated carbocycles. The van der Waals surface area contributed by atoms with Crippen LogP contribution in [0.5, 0.6) is 0 Å². The fourth-order valence-electron chi connectivity index (χ4n) is 2.36. The van der Waals surface area contributed by atoms with Crippen molar-refractivity contribution in [1.82, 2.24) is 4.90 Å². The summed E-state index contributed by atoms with van der Waals surface area (Å²) in [7, 11) is 0. The van der Waals surface area contributed by atoms with E-state index in [4.69, 9.17) is 5.73 Å². The molecule has 3 rings (SSSR count). The van der Waals surface area contributed by atoms with Gasteiger partial charge in [-0.05, 0) is 29.8 Å². The first-order chi connectivity index (χ1) is 9.54. The highest BCUT2D eigenvalue weighted by Crippen LogP contribution is 2.27. The Hall–Kier alpha value is -1.88. The lowest BCUT2D eigenvalue weighted by Gasteiger charge is -2.16. The molecule has 0 fully saturated rings. The Morgan fingerprint density at radius 3 is 2.80 bits per heavy atom. The molecule has 3 nitrogen and oxygen atoms in total. The number of fused-ring (bicyclic) bond motifs is 1. The van der Waals surface area contributed by atoms with Crippen LogP contribution in [0.1, 0.15) is 21.5 Å². The van der Waals surface area contributed by atoms with Crippen LogP contribution in [0.15, 0.2) is 40.9 Å². The second-order valence-corrected chi connectivity index (χ2v) is 5.73. The van der Waals surface area contributed by atoms with Gasteiger partial charge < -0.3 is 10.6 Å². The summed E-state index contributed by atoms with van der Waals surface area (Å²) >= 11 is 3.22. The number of carbonyl (C=O) groups is 1. The van der Waals surface area contributed by atoms with Gasteiger partial charge in [-0.3, -0.25) is 4.79 Å². The summed E-state index contributed by atoms with van der Waals surface area (Å²) in [6, 6.07) is 10.2. The Morgan fingerprint density at radius 1 is 1.25 bits per heavy atom. The predicted octanol–water partition coefficient (Wildman–Crippen LogP) is 3.33. The van der Waals surface area contributed by atoms with E-state index in [-0.39, 0.29) is 18.3 Å². The lowest BCUT2D eigenvalue weighted by molar-refractivity contribution is 0.0765. The van der Waals surface area contributed by atoms with E-state index in [1.165, 1.54) is 6.07 Å². The summed E-state index contributed by atoms with van der Waals surface area (Å²) in [5.74, 6) is -0.419. The standard InChI is InChI=1S/C15H12BrFN2O/c16-11-3-1-10(14(17)5-11)8-19-7-9-2-4-12(18)6-13(9)15(19)20/h1-6H,7-8,18H2. The van der Waals surface area contributed by atoms with E-state index in [1.807, 2.05) is 6.07 Å². The quantitative estimate of drug-likeness (QED) is 0.856. The van der Waals surface area contributed by atoms with Gasteiger partial charge >= 0.3 is 0 Å². The van der Waals surface area contributed by atoms with Crippen LogP contribution in [0, 0.1) is 5.82 Å². The van der Waals surface area contributed by atoms with Crippen LogP contribution >= 0.6 is 15.9 Å². The summed E-state index contributed by atoms with van der Waals surface area (Å²) in [6.07, 6.45) is 0. The van der Waals surface area contributed by atoms with Crippen molar-refractivity contribution in [2.75, 3.05) is 5.73 Å². The zero-order valence-corrected chi connectivity index (χ0v) is 12.2. The SMILES string of the molecule is Nc1ccc2c(c1)C(=O)N(Cc1ccc(Br)cc1F)C2. The Balaban J connectivity index is 1.86. The number of nitrogens with two attached hydrogens (primary N) is 1. The van der Waals surface area contributed by atoms with Crippen LogP contribution in [-0.2, 0) is 13.1 Å². The number of hydrogen-bond acceptors (Lipinski definition) is 2. The molecule has 102 valence electrons. The molecule has 2 N–H and O–H groups in total. The maximum Gasteiger partial charge on any atom is 0.254 e. The van der Waals surface area contributed by atoms with E-state index in [0.717, 1.165) is 5.56 Å². The first kappa shape index (κ1) is 13.1. The maximum absolute atomic E-state index is 13.8. The van der Waals surface area contributed by atoms with Crippen LogP contribution in [0.2, 0.25) is 0 Å². The second kappa shape index (κ2) is 4.90. The van der Waals surface area contributed by atoms with Crippen LogP contribution in [0.4, 0.5) is 10.1 Å². The Kier molecular flexibility index (Phi) is 3.22. The van der Waals surface area contributed by atoms with Crippen molar-refractivity contribution in [1.29, 1.82) is 0 Å². The molecule has 20 heavy (non-hydrogen) atoms. The molecule has 0 aliphatic carbocycles. The first-order valence-corrected chi connectivity index (χ1v) is 6.95. The molecular weight excluding hydrogens is 323 g/mol. The lowest BCUT2D eigenvalue weighted by atomic mass is 10.1. The van der Waals surface area contributed by atoms with E-state index < -0.39 is 0 Å². The minimum absolute atomic E-state index is 0.102. The molecule has 0 unspecified atom stereocenters. The van der Waals surface area contributed by atoms with Gasteiger partial charge in [0.25, 0.3) is 5.91 Å². The Labute approximate surface area is 124 Å². The van der Waals surface area contributed by atoms with Gasteiger partial charge in [0.1, 0.15) is 5.82 Å². The van der Waals surface area contributed by atoms with Crippen LogP contribution in [0.3, 0.4) is 0 Å². The van der Waals surface area contributed by atoms with Crippen molar-refractivity contribution in [3.8, 4) is 0 Å². The topological polar surface area (TPSA) is 46.3 Å². The summed E-state index contributed by atoms with van der Waals surface area (Å²) in [5.41, 5.74) is 8.31. The van der Waals surface area contributed by atoms with E-state index in [9.17, 15) is 9.18 Å². The number of benzene rings is 2. The molecule has 0 bridgehead atoms. The van der Waals surface area contributed by atoms with Gasteiger partial charge in [0.2, 0.25) is 0 Å². The average molecular weight is 335 g/mol. The monoisotopic (exact) mass is 334 g/mol. The van der Waals surface area contributed by atoms with Crippen LogP contribution < -0.4 is 5.73 Å². The van der Waals surface area contributed by atoms with Crippen LogP contribution in [0.25, 0.3) is 0 Å². The van der Waals surface area contributed by atoms with Gasteiger partial charge in [0.15, 0.2) is 0 Å². The molecule has 1 heterocycles.